The predicted molar refractivity (Wildman–Crippen MR) is 165 cm³/mol. The second-order valence-corrected chi connectivity index (χ2v) is 11.7. The Hall–Kier alpha value is -4.28. The molecule has 1 aromatic heterocycles. The average Bonchev–Trinajstić information content (AvgIpc) is 3.68. The SMILES string of the molecule is COC(=O)C1=C(CN2CCN3C(=O)N(c4ccc(C#CCO)cc4)C[C@@H]3C2)NC(c2nccs2)=N[C@H]1c1ccc(F)cc1Cl. The van der Waals surface area contributed by atoms with Crippen molar-refractivity contribution in [3.63, 3.8) is 0 Å². The van der Waals surface area contributed by atoms with Crippen LogP contribution in [0.2, 0.25) is 5.02 Å². The van der Waals surface area contributed by atoms with E-state index in [0.717, 1.165) is 11.3 Å². The number of aliphatic imine (C=N–C) groups is 1. The number of nitrogens with zero attached hydrogens (tertiary/aromatic N) is 5. The molecule has 226 valence electrons. The zero-order valence-corrected chi connectivity index (χ0v) is 25.2. The molecule has 13 heteroatoms. The second kappa shape index (κ2) is 12.8. The molecule has 0 spiro atoms. The highest BCUT2D eigenvalue weighted by molar-refractivity contribution is 7.11. The third kappa shape index (κ3) is 5.92. The van der Waals surface area contributed by atoms with E-state index in [4.69, 9.17) is 26.4 Å². The lowest BCUT2D eigenvalue weighted by molar-refractivity contribution is -0.136. The van der Waals surface area contributed by atoms with Crippen LogP contribution >= 0.6 is 22.9 Å². The van der Waals surface area contributed by atoms with Crippen molar-refractivity contribution < 1.29 is 23.8 Å². The number of fused-ring (bicyclic) bond motifs is 1. The van der Waals surface area contributed by atoms with Gasteiger partial charge in [-0.05, 0) is 36.4 Å². The number of hydrogen-bond donors (Lipinski definition) is 2. The summed E-state index contributed by atoms with van der Waals surface area (Å²) in [7, 11) is 1.31. The number of aliphatic hydroxyl groups is 1. The van der Waals surface area contributed by atoms with Crippen LogP contribution in [0.5, 0.6) is 0 Å². The molecule has 6 rings (SSSR count). The van der Waals surface area contributed by atoms with E-state index in [0.29, 0.717) is 54.8 Å². The summed E-state index contributed by atoms with van der Waals surface area (Å²) in [6.45, 7) is 2.31. The largest absolute Gasteiger partial charge is 0.466 e. The Morgan fingerprint density at radius 3 is 2.75 bits per heavy atom. The smallest absolute Gasteiger partial charge is 0.338 e. The van der Waals surface area contributed by atoms with Crippen LogP contribution in [-0.2, 0) is 9.53 Å². The van der Waals surface area contributed by atoms with Gasteiger partial charge in [0.2, 0.25) is 0 Å². The van der Waals surface area contributed by atoms with Gasteiger partial charge in [-0.25, -0.2) is 19.0 Å². The number of halogens is 2. The molecule has 0 unspecified atom stereocenters. The molecule has 2 N–H and O–H groups in total. The lowest BCUT2D eigenvalue weighted by Crippen LogP contribution is -2.53. The summed E-state index contributed by atoms with van der Waals surface area (Å²) in [5.74, 6) is 4.89. The van der Waals surface area contributed by atoms with Crippen molar-refractivity contribution in [2.75, 3.05) is 51.3 Å². The van der Waals surface area contributed by atoms with Gasteiger partial charge in [0.25, 0.3) is 0 Å². The van der Waals surface area contributed by atoms with Gasteiger partial charge in [-0.2, -0.15) is 0 Å². The van der Waals surface area contributed by atoms with Crippen LogP contribution in [0.25, 0.3) is 0 Å². The summed E-state index contributed by atoms with van der Waals surface area (Å²) >= 11 is 7.87. The predicted octanol–water partition coefficient (Wildman–Crippen LogP) is 3.42. The Morgan fingerprint density at radius 1 is 1.23 bits per heavy atom. The molecule has 2 fully saturated rings. The molecule has 2 saturated heterocycles. The van der Waals surface area contributed by atoms with E-state index >= 15 is 0 Å². The van der Waals surface area contributed by atoms with Gasteiger partial charge >= 0.3 is 12.0 Å². The average molecular weight is 635 g/mol. The molecule has 4 heterocycles. The molecule has 2 amide bonds. The van der Waals surface area contributed by atoms with E-state index in [2.05, 4.69) is 27.0 Å². The number of benzene rings is 2. The standard InChI is InChI=1S/C31H28ClFN6O4S/c1-43-30(41)26-25(35-28(29-34-10-14-44-29)36-27(26)23-9-6-20(33)15-24(23)32)18-37-11-12-38-22(16-37)17-39(31(38)42)21-7-4-19(5-8-21)3-2-13-40/h4-10,14-15,22,27,40H,11-13,16-18H2,1H3,(H,35,36)/t22-,27-/m0/s1. The lowest BCUT2D eigenvalue weighted by atomic mass is 9.95. The molecule has 2 aromatic carbocycles. The Labute approximate surface area is 262 Å². The first-order valence-electron chi connectivity index (χ1n) is 13.9. The number of hydrogen-bond acceptors (Lipinski definition) is 9. The van der Waals surface area contributed by atoms with Crippen molar-refractivity contribution in [2.24, 2.45) is 4.99 Å². The minimum Gasteiger partial charge on any atom is -0.466 e. The molecule has 10 nitrogen and oxygen atoms in total. The summed E-state index contributed by atoms with van der Waals surface area (Å²) in [5.41, 5.74) is 2.86. The second-order valence-electron chi connectivity index (χ2n) is 10.4. The van der Waals surface area contributed by atoms with Crippen LogP contribution in [0, 0.1) is 17.7 Å². The number of carbonyl (C=O) groups excluding carboxylic acids is 2. The minimum atomic E-state index is -0.847. The molecule has 2 atom stereocenters. The summed E-state index contributed by atoms with van der Waals surface area (Å²) in [5, 5.41) is 14.9. The highest BCUT2D eigenvalue weighted by atomic mass is 35.5. The monoisotopic (exact) mass is 634 g/mol. The number of carbonyl (C=O) groups is 2. The maximum Gasteiger partial charge on any atom is 0.338 e. The third-order valence-electron chi connectivity index (χ3n) is 7.73. The van der Waals surface area contributed by atoms with Crippen LogP contribution in [0.1, 0.15) is 22.2 Å². The highest BCUT2D eigenvalue weighted by Gasteiger charge is 2.42. The Balaban J connectivity index is 1.27. The molecule has 0 bridgehead atoms. The van der Waals surface area contributed by atoms with Gasteiger partial charge in [-0.1, -0.05) is 29.5 Å². The van der Waals surface area contributed by atoms with Gasteiger partial charge in [0.1, 0.15) is 18.5 Å². The lowest BCUT2D eigenvalue weighted by Gasteiger charge is -2.38. The maximum atomic E-state index is 14.0. The molecule has 3 aliphatic heterocycles. The molecular formula is C31H28ClFN6O4S. The minimum absolute atomic E-state index is 0.0571. The van der Waals surface area contributed by atoms with Crippen molar-refractivity contribution in [2.45, 2.75) is 12.1 Å². The molecule has 3 aliphatic rings. The summed E-state index contributed by atoms with van der Waals surface area (Å²) in [6, 6.07) is 10.4. The maximum absolute atomic E-state index is 14.0. The van der Waals surface area contributed by atoms with Crippen LogP contribution in [0.15, 0.2) is 70.3 Å². The van der Waals surface area contributed by atoms with Gasteiger partial charge in [0, 0.05) is 71.8 Å². The zero-order chi connectivity index (χ0) is 30.8. The molecule has 0 saturated carbocycles. The Bertz CT molecular complexity index is 1700. The van der Waals surface area contributed by atoms with E-state index in [1.807, 2.05) is 34.5 Å². The summed E-state index contributed by atoms with van der Waals surface area (Å²) in [4.78, 5) is 41.6. The number of ether oxygens (including phenoxy) is 1. The van der Waals surface area contributed by atoms with E-state index in [1.165, 1.54) is 36.6 Å². The van der Waals surface area contributed by atoms with Gasteiger partial charge in [0.05, 0.1) is 18.7 Å². The number of rotatable bonds is 6. The Kier molecular flexibility index (Phi) is 8.63. The van der Waals surface area contributed by atoms with Crippen molar-refractivity contribution >= 4 is 46.5 Å². The van der Waals surface area contributed by atoms with Crippen LogP contribution in [0.4, 0.5) is 14.9 Å². The number of aromatic nitrogens is 1. The van der Waals surface area contributed by atoms with E-state index < -0.39 is 17.8 Å². The van der Waals surface area contributed by atoms with Crippen molar-refractivity contribution in [3.05, 3.63) is 92.3 Å². The van der Waals surface area contributed by atoms with Gasteiger partial charge in [-0.15, -0.1) is 11.3 Å². The normalized spacial score (nSPS) is 20.1. The molecule has 44 heavy (non-hydrogen) atoms. The number of esters is 1. The first-order valence-corrected chi connectivity index (χ1v) is 15.1. The third-order valence-corrected chi connectivity index (χ3v) is 8.84. The number of aliphatic hydroxyl groups excluding tert-OH is 1. The van der Waals surface area contributed by atoms with Crippen LogP contribution < -0.4 is 10.2 Å². The fourth-order valence-corrected chi connectivity index (χ4v) is 6.55. The molecular weight excluding hydrogens is 607 g/mol. The number of anilines is 1. The molecule has 0 radical (unpaired) electrons. The number of nitrogens with one attached hydrogen (secondary N) is 1. The number of thiazole rings is 1. The fraction of sp³-hybridized carbons (Fsp3) is 0.290. The fourth-order valence-electron chi connectivity index (χ4n) is 5.69. The topological polar surface area (TPSA) is 111 Å². The summed E-state index contributed by atoms with van der Waals surface area (Å²) < 4.78 is 19.2. The van der Waals surface area contributed by atoms with Crippen molar-refractivity contribution in [1.29, 1.82) is 0 Å². The number of urea groups is 1. The van der Waals surface area contributed by atoms with Gasteiger partial charge < -0.3 is 20.1 Å². The van der Waals surface area contributed by atoms with E-state index in [9.17, 15) is 14.0 Å². The highest BCUT2D eigenvalue weighted by Crippen LogP contribution is 2.37. The van der Waals surface area contributed by atoms with Crippen molar-refractivity contribution in [1.82, 2.24) is 20.1 Å². The van der Waals surface area contributed by atoms with Crippen molar-refractivity contribution in [3.8, 4) is 11.8 Å². The van der Waals surface area contributed by atoms with Crippen LogP contribution in [-0.4, -0.2) is 90.2 Å². The van der Waals surface area contributed by atoms with E-state index in [1.54, 1.807) is 11.1 Å². The number of piperazine rings is 1. The zero-order valence-electron chi connectivity index (χ0n) is 23.7. The number of amides is 2. The van der Waals surface area contributed by atoms with E-state index in [-0.39, 0.29) is 29.3 Å². The first-order chi connectivity index (χ1) is 21.4. The first kappa shape index (κ1) is 29.8. The number of amidine groups is 1. The van der Waals surface area contributed by atoms with Crippen LogP contribution in [0.3, 0.4) is 0 Å². The van der Waals surface area contributed by atoms with Gasteiger partial charge in [0.15, 0.2) is 10.8 Å². The van der Waals surface area contributed by atoms with Gasteiger partial charge in [-0.3, -0.25) is 14.8 Å². The molecule has 0 aliphatic carbocycles. The summed E-state index contributed by atoms with van der Waals surface area (Å²) in [6.07, 6.45) is 1.67. The number of methoxy groups -OCH3 is 1. The molecule has 3 aromatic rings. The quantitative estimate of drug-likeness (QED) is 0.316. The Morgan fingerprint density at radius 2 is 2.05 bits per heavy atom.